The zero-order valence-electron chi connectivity index (χ0n) is 12.2. The molecule has 2 rings (SSSR count). The standard InChI is InChI=1S/C17H19BrFNO/c1-3-17(20-4-2)12-5-7-15(8-6-12)21-16-10-13(18)9-14(19)11-16/h5-11,17,20H,3-4H2,1-2H3. The van der Waals surface area contributed by atoms with Crippen LogP contribution in [0.1, 0.15) is 31.9 Å². The molecule has 0 bridgehead atoms. The summed E-state index contributed by atoms with van der Waals surface area (Å²) >= 11 is 3.26. The smallest absolute Gasteiger partial charge is 0.131 e. The Morgan fingerprint density at radius 3 is 2.38 bits per heavy atom. The quantitative estimate of drug-likeness (QED) is 0.747. The van der Waals surface area contributed by atoms with Gasteiger partial charge in [0.25, 0.3) is 0 Å². The van der Waals surface area contributed by atoms with E-state index in [2.05, 4.69) is 35.1 Å². The van der Waals surface area contributed by atoms with Crippen LogP contribution in [-0.2, 0) is 0 Å². The minimum Gasteiger partial charge on any atom is -0.457 e. The molecule has 0 aromatic heterocycles. The van der Waals surface area contributed by atoms with Gasteiger partial charge in [-0.1, -0.05) is 41.9 Å². The molecule has 0 aliphatic carbocycles. The van der Waals surface area contributed by atoms with Crippen LogP contribution in [0.3, 0.4) is 0 Å². The second kappa shape index (κ2) is 7.57. The molecule has 0 saturated heterocycles. The topological polar surface area (TPSA) is 21.3 Å². The van der Waals surface area contributed by atoms with Gasteiger partial charge in [0.05, 0.1) is 0 Å². The Balaban J connectivity index is 2.11. The Morgan fingerprint density at radius 1 is 1.10 bits per heavy atom. The highest BCUT2D eigenvalue weighted by Gasteiger charge is 2.08. The lowest BCUT2D eigenvalue weighted by Gasteiger charge is -2.16. The first-order chi connectivity index (χ1) is 10.1. The highest BCUT2D eigenvalue weighted by molar-refractivity contribution is 9.10. The van der Waals surface area contributed by atoms with E-state index in [1.165, 1.54) is 17.7 Å². The van der Waals surface area contributed by atoms with Crippen molar-refractivity contribution in [3.8, 4) is 11.5 Å². The third-order valence-electron chi connectivity index (χ3n) is 3.21. The maximum absolute atomic E-state index is 13.3. The van der Waals surface area contributed by atoms with Gasteiger partial charge in [0, 0.05) is 16.6 Å². The second-order valence-electron chi connectivity index (χ2n) is 4.79. The van der Waals surface area contributed by atoms with Crippen LogP contribution >= 0.6 is 15.9 Å². The van der Waals surface area contributed by atoms with E-state index < -0.39 is 0 Å². The van der Waals surface area contributed by atoms with Gasteiger partial charge < -0.3 is 10.1 Å². The first kappa shape index (κ1) is 16.0. The van der Waals surface area contributed by atoms with Crippen LogP contribution in [-0.4, -0.2) is 6.54 Å². The molecule has 0 fully saturated rings. The fraction of sp³-hybridized carbons (Fsp3) is 0.294. The third kappa shape index (κ3) is 4.55. The van der Waals surface area contributed by atoms with Crippen molar-refractivity contribution >= 4 is 15.9 Å². The van der Waals surface area contributed by atoms with Gasteiger partial charge in [-0.15, -0.1) is 0 Å². The van der Waals surface area contributed by atoms with E-state index in [4.69, 9.17) is 4.74 Å². The summed E-state index contributed by atoms with van der Waals surface area (Å²) in [6.07, 6.45) is 1.03. The van der Waals surface area contributed by atoms with E-state index >= 15 is 0 Å². The van der Waals surface area contributed by atoms with Crippen molar-refractivity contribution in [2.45, 2.75) is 26.3 Å². The Morgan fingerprint density at radius 2 is 1.81 bits per heavy atom. The van der Waals surface area contributed by atoms with Crippen molar-refractivity contribution in [3.05, 3.63) is 58.3 Å². The summed E-state index contributed by atoms with van der Waals surface area (Å²) in [5.41, 5.74) is 1.23. The fourth-order valence-electron chi connectivity index (χ4n) is 2.24. The third-order valence-corrected chi connectivity index (χ3v) is 3.67. The van der Waals surface area contributed by atoms with Gasteiger partial charge in [0.1, 0.15) is 17.3 Å². The fourth-order valence-corrected chi connectivity index (χ4v) is 2.68. The van der Waals surface area contributed by atoms with Crippen molar-refractivity contribution in [1.82, 2.24) is 5.32 Å². The van der Waals surface area contributed by atoms with Crippen molar-refractivity contribution in [1.29, 1.82) is 0 Å². The molecule has 1 N–H and O–H groups in total. The van der Waals surface area contributed by atoms with Crippen LogP contribution in [0.4, 0.5) is 4.39 Å². The van der Waals surface area contributed by atoms with Crippen molar-refractivity contribution in [2.75, 3.05) is 6.54 Å². The lowest BCUT2D eigenvalue weighted by Crippen LogP contribution is -2.19. The predicted molar refractivity (Wildman–Crippen MR) is 87.3 cm³/mol. The van der Waals surface area contributed by atoms with Crippen LogP contribution in [0.15, 0.2) is 46.9 Å². The van der Waals surface area contributed by atoms with E-state index in [1.807, 2.05) is 24.3 Å². The molecule has 1 unspecified atom stereocenters. The predicted octanol–water partition coefficient (Wildman–Crippen LogP) is 5.44. The number of benzene rings is 2. The lowest BCUT2D eigenvalue weighted by molar-refractivity contribution is 0.475. The summed E-state index contributed by atoms with van der Waals surface area (Å²) in [6, 6.07) is 12.8. The van der Waals surface area contributed by atoms with E-state index in [9.17, 15) is 4.39 Å². The average molecular weight is 352 g/mol. The normalized spacial score (nSPS) is 12.2. The van der Waals surface area contributed by atoms with Crippen LogP contribution < -0.4 is 10.1 Å². The van der Waals surface area contributed by atoms with Crippen LogP contribution in [0.2, 0.25) is 0 Å². The Kier molecular flexibility index (Phi) is 5.76. The molecule has 0 aliphatic rings. The summed E-state index contributed by atoms with van der Waals surface area (Å²) < 4.78 is 19.7. The Hall–Kier alpha value is -1.39. The summed E-state index contributed by atoms with van der Waals surface area (Å²) in [4.78, 5) is 0. The highest BCUT2D eigenvalue weighted by atomic mass is 79.9. The summed E-state index contributed by atoms with van der Waals surface area (Å²) in [7, 11) is 0. The van der Waals surface area contributed by atoms with Crippen molar-refractivity contribution in [3.63, 3.8) is 0 Å². The maximum Gasteiger partial charge on any atom is 0.131 e. The van der Waals surface area contributed by atoms with E-state index in [-0.39, 0.29) is 5.82 Å². The minimum atomic E-state index is -0.325. The molecular weight excluding hydrogens is 333 g/mol. The number of rotatable bonds is 6. The molecule has 4 heteroatoms. The summed E-state index contributed by atoms with van der Waals surface area (Å²) in [5, 5.41) is 3.44. The molecule has 0 saturated carbocycles. The largest absolute Gasteiger partial charge is 0.457 e. The molecule has 0 amide bonds. The number of ether oxygens (including phenoxy) is 1. The van der Waals surface area contributed by atoms with Crippen LogP contribution in [0.25, 0.3) is 0 Å². The maximum atomic E-state index is 13.3. The summed E-state index contributed by atoms with van der Waals surface area (Å²) in [5.74, 6) is 0.852. The molecule has 0 aliphatic heterocycles. The zero-order chi connectivity index (χ0) is 15.2. The van der Waals surface area contributed by atoms with Crippen LogP contribution in [0, 0.1) is 5.82 Å². The van der Waals surface area contributed by atoms with Gasteiger partial charge in [0.2, 0.25) is 0 Å². The number of hydrogen-bond acceptors (Lipinski definition) is 2. The Labute approximate surface area is 133 Å². The van der Waals surface area contributed by atoms with Crippen molar-refractivity contribution in [2.24, 2.45) is 0 Å². The highest BCUT2D eigenvalue weighted by Crippen LogP contribution is 2.27. The molecule has 2 aromatic rings. The molecule has 0 radical (unpaired) electrons. The zero-order valence-corrected chi connectivity index (χ0v) is 13.8. The van der Waals surface area contributed by atoms with Gasteiger partial charge >= 0.3 is 0 Å². The van der Waals surface area contributed by atoms with E-state index in [1.54, 1.807) is 6.07 Å². The monoisotopic (exact) mass is 351 g/mol. The SMILES string of the molecule is CCNC(CC)c1ccc(Oc2cc(F)cc(Br)c2)cc1. The molecule has 112 valence electrons. The molecule has 1 atom stereocenters. The van der Waals surface area contributed by atoms with Gasteiger partial charge in [0.15, 0.2) is 0 Å². The second-order valence-corrected chi connectivity index (χ2v) is 5.71. The van der Waals surface area contributed by atoms with Gasteiger partial charge in [-0.3, -0.25) is 0 Å². The minimum absolute atomic E-state index is 0.325. The van der Waals surface area contributed by atoms with E-state index in [0.29, 0.717) is 22.0 Å². The molecule has 21 heavy (non-hydrogen) atoms. The first-order valence-electron chi connectivity index (χ1n) is 7.09. The molecule has 2 aromatic carbocycles. The molecule has 0 spiro atoms. The van der Waals surface area contributed by atoms with Crippen molar-refractivity contribution < 1.29 is 9.13 Å². The average Bonchev–Trinajstić information content (AvgIpc) is 2.45. The Bertz CT molecular complexity index is 566. The summed E-state index contributed by atoms with van der Waals surface area (Å²) in [6.45, 7) is 5.19. The van der Waals surface area contributed by atoms with Gasteiger partial charge in [-0.25, -0.2) is 4.39 Å². The van der Waals surface area contributed by atoms with E-state index in [0.717, 1.165) is 13.0 Å². The number of hydrogen-bond donors (Lipinski definition) is 1. The molecule has 0 heterocycles. The van der Waals surface area contributed by atoms with Gasteiger partial charge in [-0.05, 0) is 42.8 Å². The molecule has 2 nitrogen and oxygen atoms in total. The number of halogens is 2. The van der Waals surface area contributed by atoms with Crippen LogP contribution in [0.5, 0.6) is 11.5 Å². The van der Waals surface area contributed by atoms with Gasteiger partial charge in [-0.2, -0.15) is 0 Å². The molecular formula is C17H19BrFNO. The first-order valence-corrected chi connectivity index (χ1v) is 7.89. The number of nitrogens with one attached hydrogen (secondary N) is 1. The lowest BCUT2D eigenvalue weighted by atomic mass is 10.0.